The van der Waals surface area contributed by atoms with E-state index in [4.69, 9.17) is 27.3 Å². The third-order valence-electron chi connectivity index (χ3n) is 0.952. The van der Waals surface area contributed by atoms with Crippen LogP contribution in [0.3, 0.4) is 0 Å². The molecule has 0 saturated heterocycles. The van der Waals surface area contributed by atoms with Crippen molar-refractivity contribution in [3.63, 3.8) is 0 Å². The van der Waals surface area contributed by atoms with E-state index in [9.17, 15) is 0 Å². The van der Waals surface area contributed by atoms with Gasteiger partial charge in [-0.25, -0.2) is 9.78 Å². The van der Waals surface area contributed by atoms with E-state index in [0.717, 1.165) is 25.9 Å². The van der Waals surface area contributed by atoms with Crippen molar-refractivity contribution in [1.82, 2.24) is 0 Å². The largest absolute Gasteiger partial charge is 1.00 e. The molecule has 0 N–H and O–H groups in total. The van der Waals surface area contributed by atoms with Gasteiger partial charge in [-0.1, -0.05) is 20.3 Å². The van der Waals surface area contributed by atoms with E-state index in [2.05, 4.69) is 13.8 Å². The molecule has 0 aromatic rings. The Morgan fingerprint density at radius 3 is 1.62 bits per heavy atom. The molecule has 0 bridgehead atoms. The van der Waals surface area contributed by atoms with Gasteiger partial charge in [-0.05, 0) is 12.8 Å². The first-order valence-corrected chi connectivity index (χ1v) is 5.66. The maximum absolute atomic E-state index is 8.52. The maximum atomic E-state index is 8.52. The Kier molecular flexibility index (Phi) is 31.5. The fourth-order valence-electron chi connectivity index (χ4n) is 0.404. The molecule has 88 valence electrons. The molecule has 9 heteroatoms. The Balaban J connectivity index is -0.0000000904. The minimum Gasteiger partial charge on any atom is -0.759 e. The third-order valence-corrected chi connectivity index (χ3v) is 0.952. The molecule has 0 heterocycles. The molecule has 0 atom stereocenters. The predicted molar refractivity (Wildman–Crippen MR) is 47.6 cm³/mol. The molecule has 0 spiro atoms. The van der Waals surface area contributed by atoms with Gasteiger partial charge in [-0.15, -0.1) is 0 Å². The van der Waals surface area contributed by atoms with E-state index in [1.54, 1.807) is 0 Å². The Hall–Kier alpha value is 1.79. The second kappa shape index (κ2) is 19.1. The van der Waals surface area contributed by atoms with Crippen LogP contribution >= 0.6 is 0 Å². The van der Waals surface area contributed by atoms with Gasteiger partial charge in [-0.3, -0.25) is 8.42 Å². The average Bonchev–Trinajstić information content (AvgIpc) is 2.01. The molecule has 0 unspecified atom stereocenters. The summed E-state index contributed by atoms with van der Waals surface area (Å²) in [5, 5.41) is 0. The third kappa shape index (κ3) is 56.9. The summed E-state index contributed by atoms with van der Waals surface area (Å²) in [4.78, 5) is 9.60. The summed E-state index contributed by atoms with van der Waals surface area (Å²) in [6.07, 6.45) is 3.27. The molecule has 0 aromatic heterocycles. The van der Waals surface area contributed by atoms with Crippen LogP contribution in [0.1, 0.15) is 33.1 Å². The zero-order valence-electron chi connectivity index (χ0n) is 10.4. The first-order valence-electron chi connectivity index (χ1n) is 4.32. The first-order chi connectivity index (χ1) is 6.41. The number of unbranched alkanes of at least 4 members (excludes halogenated alkanes) is 1. The van der Waals surface area contributed by atoms with Gasteiger partial charge in [0.05, 0.1) is 13.2 Å². The fourth-order valence-corrected chi connectivity index (χ4v) is 0.404. The standard InChI is InChI=1S/C7H16O2.2Na.H2O4S/c1-3-5-7-9-8-6-4-2;;;1-5(2,3)4/h3-7H2,1-2H3;;;(H2,1,2,3,4)/q;2*+1;/p-2. The van der Waals surface area contributed by atoms with E-state index < -0.39 is 10.4 Å². The summed E-state index contributed by atoms with van der Waals surface area (Å²) in [7, 11) is -5.17. The predicted octanol–water partition coefficient (Wildman–Crippen LogP) is -5.19. The van der Waals surface area contributed by atoms with Crippen LogP contribution in [0.15, 0.2) is 0 Å². The molecule has 0 amide bonds. The first kappa shape index (κ1) is 26.4. The van der Waals surface area contributed by atoms with Gasteiger partial charge in [-0.2, -0.15) is 0 Å². The molecule has 0 aliphatic carbocycles. The van der Waals surface area contributed by atoms with E-state index in [-0.39, 0.29) is 59.1 Å². The van der Waals surface area contributed by atoms with Gasteiger partial charge in [0.2, 0.25) is 0 Å². The van der Waals surface area contributed by atoms with Gasteiger partial charge in [0.25, 0.3) is 0 Å². The van der Waals surface area contributed by atoms with Crippen molar-refractivity contribution >= 4 is 10.4 Å². The SMILES string of the molecule is CCCCOOCCC.O=S(=O)([O-])[O-].[Na+].[Na+]. The zero-order chi connectivity index (χ0) is 11.4. The molecular weight excluding hydrogens is 258 g/mol. The molecule has 16 heavy (non-hydrogen) atoms. The molecule has 0 aromatic carbocycles. The van der Waals surface area contributed by atoms with E-state index in [0.29, 0.717) is 6.61 Å². The zero-order valence-corrected chi connectivity index (χ0v) is 15.2. The smallest absolute Gasteiger partial charge is 0.759 e. The van der Waals surface area contributed by atoms with E-state index in [1.807, 2.05) is 0 Å². The molecule has 0 aliphatic rings. The monoisotopic (exact) mass is 274 g/mol. The molecule has 6 nitrogen and oxygen atoms in total. The maximum Gasteiger partial charge on any atom is 1.00 e. The van der Waals surface area contributed by atoms with Crippen LogP contribution in [0.2, 0.25) is 0 Å². The van der Waals surface area contributed by atoms with Crippen molar-refractivity contribution < 1.29 is 86.4 Å². The summed E-state index contributed by atoms with van der Waals surface area (Å²) >= 11 is 0. The van der Waals surface area contributed by atoms with Crippen molar-refractivity contribution in [2.45, 2.75) is 33.1 Å². The van der Waals surface area contributed by atoms with Crippen molar-refractivity contribution in [3.8, 4) is 0 Å². The molecule has 0 radical (unpaired) electrons. The van der Waals surface area contributed by atoms with Gasteiger partial charge in [0.1, 0.15) is 0 Å². The summed E-state index contributed by atoms with van der Waals surface area (Å²) in [6, 6.07) is 0. The number of hydrogen-bond donors (Lipinski definition) is 0. The number of rotatable bonds is 6. The van der Waals surface area contributed by atoms with Crippen LogP contribution in [0.4, 0.5) is 0 Å². The molecule has 0 saturated carbocycles. The summed E-state index contributed by atoms with van der Waals surface area (Å²) in [5.41, 5.74) is 0. The quantitative estimate of drug-likeness (QED) is 0.120. The fraction of sp³-hybridized carbons (Fsp3) is 1.00. The Morgan fingerprint density at radius 2 is 1.31 bits per heavy atom. The second-order valence-corrected chi connectivity index (χ2v) is 3.22. The van der Waals surface area contributed by atoms with E-state index in [1.165, 1.54) is 0 Å². The van der Waals surface area contributed by atoms with Gasteiger partial charge < -0.3 is 9.11 Å². The second-order valence-electron chi connectivity index (χ2n) is 2.41. The number of hydrogen-bond acceptors (Lipinski definition) is 6. The Morgan fingerprint density at radius 1 is 0.938 bits per heavy atom. The van der Waals surface area contributed by atoms with Crippen molar-refractivity contribution in [2.24, 2.45) is 0 Å². The topological polar surface area (TPSA) is 98.7 Å². The average molecular weight is 274 g/mol. The van der Waals surface area contributed by atoms with Crippen LogP contribution in [0.25, 0.3) is 0 Å². The van der Waals surface area contributed by atoms with Crippen LogP contribution in [0.5, 0.6) is 0 Å². The minimum atomic E-state index is -5.17. The Labute approximate surface area is 142 Å². The van der Waals surface area contributed by atoms with Crippen molar-refractivity contribution in [2.75, 3.05) is 13.2 Å². The van der Waals surface area contributed by atoms with Gasteiger partial charge >= 0.3 is 59.1 Å². The van der Waals surface area contributed by atoms with Crippen LogP contribution in [0, 0.1) is 0 Å². The van der Waals surface area contributed by atoms with Crippen LogP contribution < -0.4 is 59.1 Å². The van der Waals surface area contributed by atoms with Gasteiger partial charge in [0.15, 0.2) is 0 Å². The summed E-state index contributed by atoms with van der Waals surface area (Å²) in [6.45, 7) is 5.63. The van der Waals surface area contributed by atoms with Crippen LogP contribution in [-0.4, -0.2) is 30.7 Å². The minimum absolute atomic E-state index is 0. The molecule has 0 aliphatic heterocycles. The van der Waals surface area contributed by atoms with Crippen molar-refractivity contribution in [3.05, 3.63) is 0 Å². The Bertz CT molecular complexity index is 183. The van der Waals surface area contributed by atoms with E-state index >= 15 is 0 Å². The summed E-state index contributed by atoms with van der Waals surface area (Å²) in [5.74, 6) is 0. The molecule has 0 rings (SSSR count). The van der Waals surface area contributed by atoms with Crippen molar-refractivity contribution in [1.29, 1.82) is 0 Å². The van der Waals surface area contributed by atoms with Gasteiger partial charge in [0, 0.05) is 10.4 Å². The normalized spacial score (nSPS) is 9.25. The molecule has 0 fully saturated rings. The van der Waals surface area contributed by atoms with Crippen LogP contribution in [-0.2, 0) is 20.2 Å². The molecular formula is C7H16Na2O6S. The summed E-state index contributed by atoms with van der Waals surface area (Å²) < 4.78 is 34.1.